The Balaban J connectivity index is 1.75. The van der Waals surface area contributed by atoms with Crippen LogP contribution in [0, 0.1) is 0 Å². The second-order valence-corrected chi connectivity index (χ2v) is 9.35. The van der Waals surface area contributed by atoms with Gasteiger partial charge in [0.1, 0.15) is 11.2 Å². The van der Waals surface area contributed by atoms with E-state index in [1.165, 1.54) is 16.2 Å². The minimum atomic E-state index is -1.01. The monoisotopic (exact) mass is 400 g/mol. The Kier molecular flexibility index (Phi) is 4.73. The van der Waals surface area contributed by atoms with E-state index in [4.69, 9.17) is 0 Å². The van der Waals surface area contributed by atoms with Crippen LogP contribution in [-0.2, 0) is 16.1 Å². The van der Waals surface area contributed by atoms with Gasteiger partial charge in [0.2, 0.25) is 5.91 Å². The van der Waals surface area contributed by atoms with Crippen molar-refractivity contribution < 1.29 is 19.3 Å². The summed E-state index contributed by atoms with van der Waals surface area (Å²) in [6.07, 6.45) is 6.59. The molecule has 1 atom stereocenters. The van der Waals surface area contributed by atoms with Crippen molar-refractivity contribution >= 4 is 29.2 Å². The SMILES string of the molecule is CC(C)c1cc(C(C)C)n2cc[n+](CC3=C(C(=O)O)N4C(=O)C[C@@H]4SC3)cc12. The number of aliphatic carboxylic acids is 1. The van der Waals surface area contributed by atoms with Gasteiger partial charge in [-0.1, -0.05) is 27.7 Å². The van der Waals surface area contributed by atoms with Crippen LogP contribution in [0.3, 0.4) is 0 Å². The van der Waals surface area contributed by atoms with Crippen LogP contribution in [0.25, 0.3) is 5.52 Å². The molecular formula is C21H26N3O3S+. The van der Waals surface area contributed by atoms with Crippen molar-refractivity contribution in [3.05, 3.63) is 47.2 Å². The number of fused-ring (bicyclic) bond motifs is 2. The smallest absolute Gasteiger partial charge is 0.352 e. The molecule has 0 radical (unpaired) electrons. The molecule has 4 rings (SSSR count). The molecule has 2 aromatic rings. The minimum absolute atomic E-state index is 0.0124. The van der Waals surface area contributed by atoms with Gasteiger partial charge in [-0.2, -0.15) is 4.57 Å². The van der Waals surface area contributed by atoms with Crippen molar-refractivity contribution in [2.75, 3.05) is 5.75 Å². The maximum absolute atomic E-state index is 11.9. The number of aromatic nitrogens is 2. The number of amides is 1. The molecule has 1 fully saturated rings. The molecule has 2 aliphatic rings. The van der Waals surface area contributed by atoms with Crippen molar-refractivity contribution in [1.82, 2.24) is 9.30 Å². The van der Waals surface area contributed by atoms with Crippen LogP contribution in [0.15, 0.2) is 35.9 Å². The molecule has 1 amide bonds. The molecule has 0 unspecified atom stereocenters. The number of carbonyl (C=O) groups is 2. The zero-order valence-corrected chi connectivity index (χ0v) is 17.5. The van der Waals surface area contributed by atoms with Crippen molar-refractivity contribution in [2.24, 2.45) is 0 Å². The average molecular weight is 401 g/mol. The molecule has 1 N–H and O–H groups in total. The molecule has 2 aromatic heterocycles. The van der Waals surface area contributed by atoms with Crippen LogP contribution in [0.5, 0.6) is 0 Å². The molecule has 4 heterocycles. The number of nitrogens with zero attached hydrogens (tertiary/aromatic N) is 3. The average Bonchev–Trinajstić information content (AvgIpc) is 3.00. The summed E-state index contributed by atoms with van der Waals surface area (Å²) < 4.78 is 4.27. The maximum atomic E-state index is 11.9. The molecule has 148 valence electrons. The predicted molar refractivity (Wildman–Crippen MR) is 108 cm³/mol. The van der Waals surface area contributed by atoms with E-state index in [1.807, 2.05) is 10.8 Å². The van der Waals surface area contributed by atoms with Crippen LogP contribution in [-0.4, -0.2) is 37.4 Å². The van der Waals surface area contributed by atoms with Crippen molar-refractivity contribution in [2.45, 2.75) is 57.9 Å². The molecule has 28 heavy (non-hydrogen) atoms. The first-order valence-corrected chi connectivity index (χ1v) is 10.8. The molecule has 0 bridgehead atoms. The Hall–Kier alpha value is -2.28. The highest BCUT2D eigenvalue weighted by molar-refractivity contribution is 8.00. The zero-order valence-electron chi connectivity index (χ0n) is 16.7. The van der Waals surface area contributed by atoms with Gasteiger partial charge in [0.25, 0.3) is 0 Å². The molecule has 0 spiro atoms. The largest absolute Gasteiger partial charge is 0.477 e. The van der Waals surface area contributed by atoms with E-state index in [0.29, 0.717) is 30.6 Å². The third-order valence-electron chi connectivity index (χ3n) is 5.55. The topological polar surface area (TPSA) is 65.9 Å². The fraction of sp³-hybridized carbons (Fsp3) is 0.476. The Bertz CT molecular complexity index is 1010. The lowest BCUT2D eigenvalue weighted by atomic mass is 10.0. The van der Waals surface area contributed by atoms with Crippen LogP contribution < -0.4 is 4.57 Å². The van der Waals surface area contributed by atoms with Gasteiger partial charge in [0.15, 0.2) is 18.9 Å². The van der Waals surface area contributed by atoms with E-state index < -0.39 is 5.97 Å². The molecule has 0 aromatic carbocycles. The summed E-state index contributed by atoms with van der Waals surface area (Å²) in [6, 6.07) is 2.27. The van der Waals surface area contributed by atoms with Gasteiger partial charge in [-0.05, 0) is 23.5 Å². The first-order valence-electron chi connectivity index (χ1n) is 9.70. The Morgan fingerprint density at radius 2 is 2.07 bits per heavy atom. The molecule has 7 heteroatoms. The summed E-state index contributed by atoms with van der Waals surface area (Å²) in [5, 5.41) is 9.69. The summed E-state index contributed by atoms with van der Waals surface area (Å²) in [5.74, 6) is 0.354. The second-order valence-electron chi connectivity index (χ2n) is 8.18. The number of carboxylic acid groups (broad SMARTS) is 1. The lowest BCUT2D eigenvalue weighted by molar-refractivity contribution is -0.688. The second kappa shape index (κ2) is 6.95. The number of carbonyl (C=O) groups excluding carboxylic acids is 1. The van der Waals surface area contributed by atoms with Crippen LogP contribution in [0.1, 0.15) is 57.2 Å². The number of β-lactam (4-membered cyclic amide) rings is 1. The summed E-state index contributed by atoms with van der Waals surface area (Å²) in [4.78, 5) is 25.3. The highest BCUT2D eigenvalue weighted by atomic mass is 32.2. The van der Waals surface area contributed by atoms with E-state index in [-0.39, 0.29) is 17.0 Å². The van der Waals surface area contributed by atoms with Gasteiger partial charge in [-0.25, -0.2) is 4.79 Å². The summed E-state index contributed by atoms with van der Waals surface area (Å²) in [5.41, 5.74) is 4.69. The van der Waals surface area contributed by atoms with Gasteiger partial charge in [-0.3, -0.25) is 9.69 Å². The Labute approximate surface area is 168 Å². The molecule has 0 aliphatic carbocycles. The zero-order chi connectivity index (χ0) is 20.2. The van der Waals surface area contributed by atoms with E-state index in [0.717, 1.165) is 11.1 Å². The number of rotatable bonds is 5. The standard InChI is InChI=1S/C21H25N3O3S/c1-12(2)15-7-16(13(3)4)23-6-5-22(10-17(15)23)9-14-11-28-19-8-18(25)24(19)20(14)21(26)27/h5-7,10,12-13,19H,8-9,11H2,1-4H3/p+1/t19-/m0/s1. The number of thioether (sulfide) groups is 1. The number of carboxylic acids is 1. The molecular weight excluding hydrogens is 374 g/mol. The molecule has 1 saturated heterocycles. The van der Waals surface area contributed by atoms with Gasteiger partial charge in [0.05, 0.1) is 18.0 Å². The van der Waals surface area contributed by atoms with E-state index >= 15 is 0 Å². The summed E-state index contributed by atoms with van der Waals surface area (Å²) in [6.45, 7) is 9.24. The maximum Gasteiger partial charge on any atom is 0.352 e. The summed E-state index contributed by atoms with van der Waals surface area (Å²) >= 11 is 1.65. The summed E-state index contributed by atoms with van der Waals surface area (Å²) in [7, 11) is 0. The molecule has 0 saturated carbocycles. The third-order valence-corrected chi connectivity index (χ3v) is 6.83. The van der Waals surface area contributed by atoms with Gasteiger partial charge >= 0.3 is 5.97 Å². The van der Waals surface area contributed by atoms with E-state index in [2.05, 4.69) is 50.6 Å². The Morgan fingerprint density at radius 1 is 1.32 bits per heavy atom. The third kappa shape index (κ3) is 3.02. The first kappa shape index (κ1) is 19.1. The van der Waals surface area contributed by atoms with Gasteiger partial charge in [0, 0.05) is 17.0 Å². The fourth-order valence-electron chi connectivity index (χ4n) is 4.06. The molecule has 6 nitrogen and oxygen atoms in total. The predicted octanol–water partition coefficient (Wildman–Crippen LogP) is 3.12. The van der Waals surface area contributed by atoms with Crippen LogP contribution >= 0.6 is 11.8 Å². The minimum Gasteiger partial charge on any atom is -0.477 e. The van der Waals surface area contributed by atoms with Gasteiger partial charge in [-0.15, -0.1) is 11.8 Å². The van der Waals surface area contributed by atoms with Crippen molar-refractivity contribution in [3.8, 4) is 0 Å². The number of hydrogen-bond donors (Lipinski definition) is 1. The number of hydrogen-bond acceptors (Lipinski definition) is 3. The highest BCUT2D eigenvalue weighted by Gasteiger charge is 2.45. The quantitative estimate of drug-likeness (QED) is 0.619. The highest BCUT2D eigenvalue weighted by Crippen LogP contribution is 2.40. The molecule has 2 aliphatic heterocycles. The lowest BCUT2D eigenvalue weighted by Gasteiger charge is -2.43. The van der Waals surface area contributed by atoms with Crippen LogP contribution in [0.4, 0.5) is 0 Å². The lowest BCUT2D eigenvalue weighted by Crippen LogP contribution is -2.54. The van der Waals surface area contributed by atoms with Crippen LogP contribution in [0.2, 0.25) is 0 Å². The normalized spacial score (nSPS) is 19.6. The van der Waals surface area contributed by atoms with Crippen molar-refractivity contribution in [3.63, 3.8) is 0 Å². The van der Waals surface area contributed by atoms with E-state index in [1.54, 1.807) is 11.8 Å². The van der Waals surface area contributed by atoms with E-state index in [9.17, 15) is 14.7 Å². The first-order chi connectivity index (χ1) is 13.3. The van der Waals surface area contributed by atoms with Gasteiger partial charge < -0.3 is 9.51 Å². The Morgan fingerprint density at radius 3 is 2.68 bits per heavy atom. The van der Waals surface area contributed by atoms with Crippen molar-refractivity contribution in [1.29, 1.82) is 0 Å². The fourth-order valence-corrected chi connectivity index (χ4v) is 5.32.